The van der Waals surface area contributed by atoms with E-state index in [2.05, 4.69) is 27.4 Å². The summed E-state index contributed by atoms with van der Waals surface area (Å²) in [5.74, 6) is 0.740. The molecule has 0 saturated carbocycles. The van der Waals surface area contributed by atoms with Crippen LogP contribution in [0.2, 0.25) is 0 Å². The second-order valence-corrected chi connectivity index (χ2v) is 2.60. The molecule has 0 rings (SSSR count). The first-order valence-corrected chi connectivity index (χ1v) is 3.12. The molecule has 47 valence electrons. The summed E-state index contributed by atoms with van der Waals surface area (Å²) in [6.45, 7) is 12.0. The van der Waals surface area contributed by atoms with Crippen LogP contribution in [0.15, 0.2) is 12.2 Å². The van der Waals surface area contributed by atoms with Crippen LogP contribution < -0.4 is 0 Å². The summed E-state index contributed by atoms with van der Waals surface area (Å²) < 4.78 is 0. The maximum atomic E-state index is 3.85. The van der Waals surface area contributed by atoms with E-state index in [1.54, 1.807) is 0 Å². The van der Waals surface area contributed by atoms with E-state index in [9.17, 15) is 0 Å². The van der Waals surface area contributed by atoms with Crippen molar-refractivity contribution in [1.82, 2.24) is 0 Å². The van der Waals surface area contributed by atoms with Gasteiger partial charge in [0.2, 0.25) is 0 Å². The highest BCUT2D eigenvalue weighted by molar-refractivity contribution is 4.95. The number of hydrogen-bond donors (Lipinski definition) is 0. The summed E-state index contributed by atoms with van der Waals surface area (Å²) in [7, 11) is 0. The van der Waals surface area contributed by atoms with Crippen LogP contribution in [0, 0.1) is 12.8 Å². The van der Waals surface area contributed by atoms with E-state index < -0.39 is 0 Å². The van der Waals surface area contributed by atoms with Crippen LogP contribution in [0.1, 0.15) is 26.7 Å². The monoisotopic (exact) mass is 111 g/mol. The predicted molar refractivity (Wildman–Crippen MR) is 38.6 cm³/mol. The van der Waals surface area contributed by atoms with Gasteiger partial charge in [-0.15, -0.1) is 0 Å². The van der Waals surface area contributed by atoms with E-state index in [-0.39, 0.29) is 0 Å². The Balaban J connectivity index is 3.25. The molecule has 0 aliphatic rings. The zero-order valence-electron chi connectivity index (χ0n) is 5.91. The molecule has 0 aliphatic heterocycles. The molecule has 0 heteroatoms. The molecule has 8 heavy (non-hydrogen) atoms. The standard InChI is InChI=1S/C8H15/c1-5-8(4)6-7(2)3/h7H,1,4-6H2,2-3H3. The number of hydrogen-bond acceptors (Lipinski definition) is 0. The quantitative estimate of drug-likeness (QED) is 0.491. The minimum atomic E-state index is 0.740. The Morgan fingerprint density at radius 1 is 1.50 bits per heavy atom. The minimum Gasteiger partial charge on any atom is -0.0999 e. The van der Waals surface area contributed by atoms with Gasteiger partial charge in [-0.3, -0.25) is 0 Å². The Morgan fingerprint density at radius 3 is 2.12 bits per heavy atom. The van der Waals surface area contributed by atoms with Crippen molar-refractivity contribution in [2.24, 2.45) is 5.92 Å². The molecule has 0 amide bonds. The van der Waals surface area contributed by atoms with Crippen LogP contribution in [-0.2, 0) is 0 Å². The predicted octanol–water partition coefficient (Wildman–Crippen LogP) is 2.81. The van der Waals surface area contributed by atoms with Crippen LogP contribution in [0.25, 0.3) is 0 Å². The molecule has 0 bridgehead atoms. The highest BCUT2D eigenvalue weighted by atomic mass is 14.0. The van der Waals surface area contributed by atoms with E-state index in [0.29, 0.717) is 0 Å². The molecule has 0 spiro atoms. The van der Waals surface area contributed by atoms with Gasteiger partial charge in [0.15, 0.2) is 0 Å². The maximum Gasteiger partial charge on any atom is -0.0300 e. The molecular formula is C8H15. The van der Waals surface area contributed by atoms with Crippen molar-refractivity contribution in [3.63, 3.8) is 0 Å². The Bertz CT molecular complexity index is 70.1. The molecule has 0 N–H and O–H groups in total. The normalized spacial score (nSPS) is 10.0. The third-order valence-corrected chi connectivity index (χ3v) is 1.05. The van der Waals surface area contributed by atoms with Crippen molar-refractivity contribution in [3.8, 4) is 0 Å². The van der Waals surface area contributed by atoms with Crippen molar-refractivity contribution >= 4 is 0 Å². The molecule has 0 unspecified atom stereocenters. The van der Waals surface area contributed by atoms with Gasteiger partial charge in [-0.25, -0.2) is 0 Å². The molecule has 0 aliphatic carbocycles. The smallest absolute Gasteiger partial charge is 0.0300 e. The minimum absolute atomic E-state index is 0.740. The fraction of sp³-hybridized carbons (Fsp3) is 0.625. The molecule has 0 saturated heterocycles. The average Bonchev–Trinajstić information content (AvgIpc) is 1.65. The molecular weight excluding hydrogens is 96.1 g/mol. The largest absolute Gasteiger partial charge is 0.0999 e. The lowest BCUT2D eigenvalue weighted by Gasteiger charge is -2.03. The SMILES string of the molecule is [CH2]CC(=C)CC(C)C. The van der Waals surface area contributed by atoms with E-state index in [4.69, 9.17) is 0 Å². The Hall–Kier alpha value is -0.260. The molecule has 0 heterocycles. The molecule has 0 aromatic carbocycles. The first-order valence-electron chi connectivity index (χ1n) is 3.12. The van der Waals surface area contributed by atoms with Crippen LogP contribution in [0.3, 0.4) is 0 Å². The van der Waals surface area contributed by atoms with E-state index in [0.717, 1.165) is 18.8 Å². The third-order valence-electron chi connectivity index (χ3n) is 1.05. The highest BCUT2D eigenvalue weighted by Crippen LogP contribution is 2.10. The lowest BCUT2D eigenvalue weighted by atomic mass is 10.0. The van der Waals surface area contributed by atoms with Crippen molar-refractivity contribution in [1.29, 1.82) is 0 Å². The lowest BCUT2D eigenvalue weighted by Crippen LogP contribution is -1.87. The molecule has 0 fully saturated rings. The van der Waals surface area contributed by atoms with Gasteiger partial charge in [-0.05, 0) is 25.7 Å². The molecule has 0 atom stereocenters. The Labute approximate surface area is 52.6 Å². The summed E-state index contributed by atoms with van der Waals surface area (Å²) in [6, 6.07) is 0. The molecule has 0 aromatic heterocycles. The first kappa shape index (κ1) is 7.74. The van der Waals surface area contributed by atoms with Crippen molar-refractivity contribution in [2.45, 2.75) is 26.7 Å². The summed E-state index contributed by atoms with van der Waals surface area (Å²) in [5, 5.41) is 0. The van der Waals surface area contributed by atoms with Crippen LogP contribution in [0.4, 0.5) is 0 Å². The summed E-state index contributed by atoms with van der Waals surface area (Å²) in [5.41, 5.74) is 1.26. The fourth-order valence-electron chi connectivity index (χ4n) is 0.679. The Morgan fingerprint density at radius 2 is 2.00 bits per heavy atom. The number of rotatable bonds is 3. The van der Waals surface area contributed by atoms with Crippen LogP contribution >= 0.6 is 0 Å². The van der Waals surface area contributed by atoms with Gasteiger partial charge < -0.3 is 0 Å². The molecule has 0 aromatic rings. The van der Waals surface area contributed by atoms with Gasteiger partial charge >= 0.3 is 0 Å². The summed E-state index contributed by atoms with van der Waals surface area (Å²) >= 11 is 0. The first-order chi connectivity index (χ1) is 3.66. The van der Waals surface area contributed by atoms with Gasteiger partial charge in [0.25, 0.3) is 0 Å². The van der Waals surface area contributed by atoms with E-state index >= 15 is 0 Å². The Kier molecular flexibility index (Phi) is 3.59. The second-order valence-electron chi connectivity index (χ2n) is 2.60. The molecule has 0 nitrogen and oxygen atoms in total. The topological polar surface area (TPSA) is 0 Å². The maximum absolute atomic E-state index is 3.85. The summed E-state index contributed by atoms with van der Waals surface area (Å²) in [4.78, 5) is 0. The highest BCUT2D eigenvalue weighted by Gasteiger charge is 1.93. The van der Waals surface area contributed by atoms with Crippen LogP contribution in [-0.4, -0.2) is 0 Å². The van der Waals surface area contributed by atoms with Gasteiger partial charge in [0.05, 0.1) is 0 Å². The second kappa shape index (κ2) is 3.71. The van der Waals surface area contributed by atoms with Crippen LogP contribution in [0.5, 0.6) is 0 Å². The fourth-order valence-corrected chi connectivity index (χ4v) is 0.679. The van der Waals surface area contributed by atoms with Gasteiger partial charge in [-0.1, -0.05) is 26.0 Å². The van der Waals surface area contributed by atoms with Crippen molar-refractivity contribution < 1.29 is 0 Å². The summed E-state index contributed by atoms with van der Waals surface area (Å²) in [6.07, 6.45) is 2.02. The van der Waals surface area contributed by atoms with Gasteiger partial charge in [0, 0.05) is 0 Å². The lowest BCUT2D eigenvalue weighted by molar-refractivity contribution is 0.636. The zero-order chi connectivity index (χ0) is 6.57. The van der Waals surface area contributed by atoms with Crippen molar-refractivity contribution in [3.05, 3.63) is 19.1 Å². The number of allylic oxidation sites excluding steroid dienone is 1. The zero-order valence-corrected chi connectivity index (χ0v) is 5.91. The third kappa shape index (κ3) is 3.91. The van der Waals surface area contributed by atoms with E-state index in [1.807, 2.05) is 0 Å². The average molecular weight is 111 g/mol. The van der Waals surface area contributed by atoms with Gasteiger partial charge in [-0.2, -0.15) is 0 Å². The van der Waals surface area contributed by atoms with E-state index in [1.165, 1.54) is 5.57 Å². The van der Waals surface area contributed by atoms with Crippen molar-refractivity contribution in [2.75, 3.05) is 0 Å². The molecule has 1 radical (unpaired) electrons. The van der Waals surface area contributed by atoms with Gasteiger partial charge in [0.1, 0.15) is 0 Å².